The molecule has 0 bridgehead atoms. The topological polar surface area (TPSA) is 83.7 Å². The number of nitro benzene ring substituents is 1. The molecule has 1 N–H and O–H groups in total. The Morgan fingerprint density at radius 3 is 2.33 bits per heavy atom. The molecule has 1 atom stereocenters. The molecule has 1 amide bonds. The molecule has 0 heterocycles. The second kappa shape index (κ2) is 8.56. The van der Waals surface area contributed by atoms with Crippen molar-refractivity contribution >= 4 is 27.5 Å². The second-order valence-electron chi connectivity index (χ2n) is 5.26. The van der Waals surface area contributed by atoms with E-state index in [0.717, 1.165) is 5.56 Å². The van der Waals surface area contributed by atoms with Crippen molar-refractivity contribution in [3.8, 4) is 0 Å². The molecule has 24 heavy (non-hydrogen) atoms. The highest BCUT2D eigenvalue weighted by atomic mass is 79.9. The minimum atomic E-state index is -0.919. The number of benzene rings is 2. The van der Waals surface area contributed by atoms with Gasteiger partial charge in [0.25, 0.3) is 5.69 Å². The Morgan fingerprint density at radius 1 is 1.17 bits per heavy atom. The molecule has 0 fully saturated rings. The second-order valence-corrected chi connectivity index (χ2v) is 5.82. The van der Waals surface area contributed by atoms with E-state index in [1.165, 1.54) is 24.3 Å². The number of carbonyl (C=O) groups is 1. The van der Waals surface area contributed by atoms with E-state index in [0.29, 0.717) is 12.1 Å². The fourth-order valence-corrected chi connectivity index (χ4v) is 2.63. The summed E-state index contributed by atoms with van der Waals surface area (Å²) in [6.07, 6.45) is -0.919. The van der Waals surface area contributed by atoms with Crippen molar-refractivity contribution in [1.29, 1.82) is 0 Å². The first-order chi connectivity index (χ1) is 11.5. The maximum atomic E-state index is 12.1. The van der Waals surface area contributed by atoms with Crippen LogP contribution in [-0.4, -0.2) is 32.7 Å². The number of hydrogen-bond donors (Lipinski definition) is 1. The van der Waals surface area contributed by atoms with Gasteiger partial charge in [0.1, 0.15) is 0 Å². The Morgan fingerprint density at radius 2 is 1.79 bits per heavy atom. The van der Waals surface area contributed by atoms with Gasteiger partial charge in [0.05, 0.1) is 22.9 Å². The fraction of sp³-hybridized carbons (Fsp3) is 0.235. The molecule has 0 radical (unpaired) electrons. The Kier molecular flexibility index (Phi) is 6.45. The molecule has 126 valence electrons. The number of amides is 1. The van der Waals surface area contributed by atoms with Crippen LogP contribution >= 0.6 is 15.9 Å². The number of nitrogens with zero attached hydrogens (tertiary/aromatic N) is 2. The molecule has 0 saturated carbocycles. The highest BCUT2D eigenvalue weighted by molar-refractivity contribution is 9.09. The molecule has 0 aliphatic carbocycles. The molecular formula is C17H17BrN2O4. The van der Waals surface area contributed by atoms with Crippen LogP contribution in [0.1, 0.15) is 17.2 Å². The number of aliphatic hydroxyl groups excluding tert-OH is 1. The van der Waals surface area contributed by atoms with E-state index >= 15 is 0 Å². The summed E-state index contributed by atoms with van der Waals surface area (Å²) in [7, 11) is 0. The quantitative estimate of drug-likeness (QED) is 0.445. The van der Waals surface area contributed by atoms with Gasteiger partial charge in [0.15, 0.2) is 0 Å². The van der Waals surface area contributed by atoms with Crippen LogP contribution in [0, 0.1) is 10.1 Å². The van der Waals surface area contributed by atoms with Gasteiger partial charge in [0, 0.05) is 18.7 Å². The minimum absolute atomic E-state index is 0.0383. The lowest BCUT2D eigenvalue weighted by Crippen LogP contribution is -2.35. The number of alkyl halides is 1. The van der Waals surface area contributed by atoms with E-state index in [9.17, 15) is 20.0 Å². The lowest BCUT2D eigenvalue weighted by atomic mass is 10.1. The number of nitro groups is 1. The zero-order chi connectivity index (χ0) is 17.5. The lowest BCUT2D eigenvalue weighted by molar-refractivity contribution is -0.384. The Labute approximate surface area is 148 Å². The monoisotopic (exact) mass is 392 g/mol. The summed E-state index contributed by atoms with van der Waals surface area (Å²) in [6.45, 7) is 0.493. The molecule has 0 unspecified atom stereocenters. The molecule has 2 aromatic rings. The van der Waals surface area contributed by atoms with Crippen molar-refractivity contribution in [1.82, 2.24) is 4.90 Å². The number of rotatable bonds is 7. The van der Waals surface area contributed by atoms with Crippen LogP contribution in [0.4, 0.5) is 5.69 Å². The van der Waals surface area contributed by atoms with E-state index in [2.05, 4.69) is 15.9 Å². The number of aliphatic hydroxyl groups is 1. The van der Waals surface area contributed by atoms with E-state index < -0.39 is 11.0 Å². The van der Waals surface area contributed by atoms with Crippen LogP contribution in [0.25, 0.3) is 0 Å². The molecule has 2 aromatic carbocycles. The summed E-state index contributed by atoms with van der Waals surface area (Å²) < 4.78 is 0. The minimum Gasteiger partial charge on any atom is -0.387 e. The normalized spacial score (nSPS) is 11.8. The average molecular weight is 393 g/mol. The van der Waals surface area contributed by atoms with E-state index in [4.69, 9.17) is 0 Å². The highest BCUT2D eigenvalue weighted by Gasteiger charge is 2.19. The van der Waals surface area contributed by atoms with Crippen LogP contribution < -0.4 is 0 Å². The van der Waals surface area contributed by atoms with Crippen molar-refractivity contribution in [3.05, 3.63) is 75.8 Å². The molecule has 0 aliphatic heterocycles. The van der Waals surface area contributed by atoms with Crippen LogP contribution in [0.15, 0.2) is 54.6 Å². The number of non-ortho nitro benzene ring substituents is 1. The van der Waals surface area contributed by atoms with E-state index in [-0.39, 0.29) is 23.5 Å². The summed E-state index contributed by atoms with van der Waals surface area (Å²) in [5.74, 6) is -0.139. The molecule has 0 spiro atoms. The van der Waals surface area contributed by atoms with Crippen molar-refractivity contribution in [2.75, 3.05) is 11.9 Å². The van der Waals surface area contributed by atoms with Gasteiger partial charge in [-0.3, -0.25) is 14.9 Å². The number of carbonyl (C=O) groups excluding carboxylic acids is 1. The largest absolute Gasteiger partial charge is 0.387 e. The van der Waals surface area contributed by atoms with Gasteiger partial charge >= 0.3 is 0 Å². The van der Waals surface area contributed by atoms with E-state index in [1.54, 1.807) is 4.90 Å². The van der Waals surface area contributed by atoms with Gasteiger partial charge in [-0.15, -0.1) is 0 Å². The van der Waals surface area contributed by atoms with Gasteiger partial charge in [-0.25, -0.2) is 0 Å². The van der Waals surface area contributed by atoms with Crippen LogP contribution in [0.2, 0.25) is 0 Å². The first-order valence-corrected chi connectivity index (χ1v) is 8.43. The summed E-state index contributed by atoms with van der Waals surface area (Å²) in [4.78, 5) is 23.8. The Hall–Kier alpha value is -2.25. The van der Waals surface area contributed by atoms with E-state index in [1.807, 2.05) is 30.3 Å². The van der Waals surface area contributed by atoms with Crippen LogP contribution in [0.3, 0.4) is 0 Å². The summed E-state index contributed by atoms with van der Waals surface area (Å²) in [5.41, 5.74) is 1.45. The van der Waals surface area contributed by atoms with Gasteiger partial charge in [-0.2, -0.15) is 0 Å². The third-order valence-corrected chi connectivity index (χ3v) is 4.04. The van der Waals surface area contributed by atoms with Gasteiger partial charge in [-0.1, -0.05) is 46.3 Å². The SMILES string of the molecule is O=C(CBr)N(Cc1ccccc1)C[C@H](O)c1ccc([N+](=O)[O-])cc1. The third kappa shape index (κ3) is 4.87. The first kappa shape index (κ1) is 18.1. The molecule has 0 aromatic heterocycles. The highest BCUT2D eigenvalue weighted by Crippen LogP contribution is 2.20. The van der Waals surface area contributed by atoms with Crippen LogP contribution in [0.5, 0.6) is 0 Å². The third-order valence-electron chi connectivity index (χ3n) is 3.57. The summed E-state index contributed by atoms with van der Waals surface area (Å²) in [5, 5.41) is 21.2. The standard InChI is InChI=1S/C17H17BrN2O4/c18-10-17(22)19(11-13-4-2-1-3-5-13)12-16(21)14-6-8-15(9-7-14)20(23)24/h1-9,16,21H,10-12H2/t16-/m0/s1. The van der Waals surface area contributed by atoms with Crippen molar-refractivity contribution in [2.24, 2.45) is 0 Å². The maximum absolute atomic E-state index is 12.1. The van der Waals surface area contributed by atoms with Gasteiger partial charge in [-0.05, 0) is 23.3 Å². The summed E-state index contributed by atoms with van der Waals surface area (Å²) >= 11 is 3.15. The van der Waals surface area contributed by atoms with Gasteiger partial charge < -0.3 is 10.0 Å². The van der Waals surface area contributed by atoms with Crippen LogP contribution in [-0.2, 0) is 11.3 Å². The lowest BCUT2D eigenvalue weighted by Gasteiger charge is -2.25. The maximum Gasteiger partial charge on any atom is 0.269 e. The zero-order valence-corrected chi connectivity index (χ0v) is 14.4. The van der Waals surface area contributed by atoms with Crippen molar-refractivity contribution in [2.45, 2.75) is 12.6 Å². The molecule has 0 saturated heterocycles. The molecule has 0 aliphatic rings. The predicted octanol–water partition coefficient (Wildman–Crippen LogP) is 3.05. The van der Waals surface area contributed by atoms with Gasteiger partial charge in [0.2, 0.25) is 5.91 Å². The smallest absolute Gasteiger partial charge is 0.269 e. The number of hydrogen-bond acceptors (Lipinski definition) is 4. The molecule has 2 rings (SSSR count). The predicted molar refractivity (Wildman–Crippen MR) is 93.7 cm³/mol. The zero-order valence-electron chi connectivity index (χ0n) is 12.8. The van der Waals surface area contributed by atoms with Crippen molar-refractivity contribution < 1.29 is 14.8 Å². The fourth-order valence-electron chi connectivity index (χ4n) is 2.28. The summed E-state index contributed by atoms with van der Waals surface area (Å²) in [6, 6.07) is 15.2. The molecular weight excluding hydrogens is 376 g/mol. The molecule has 6 nitrogen and oxygen atoms in total. The first-order valence-electron chi connectivity index (χ1n) is 7.31. The molecule has 7 heteroatoms. The Bertz CT molecular complexity index is 691. The average Bonchev–Trinajstić information content (AvgIpc) is 2.61. The Balaban J connectivity index is 2.10. The number of halogens is 1. The van der Waals surface area contributed by atoms with Crippen molar-refractivity contribution in [3.63, 3.8) is 0 Å².